The standard InChI is InChI=1S/C19H21N3S/c1-13-4-9-17-18(10-13)23-19(21-17)15(12-20)11-14-5-7-16(8-6-14)22(2)3/h5-8,11,13H,4,9-10H2,1-3H3/b15-11+/t13-/m0/s1. The van der Waals surface area contributed by atoms with Gasteiger partial charge in [0.15, 0.2) is 0 Å². The molecule has 3 rings (SSSR count). The van der Waals surface area contributed by atoms with Gasteiger partial charge >= 0.3 is 0 Å². The van der Waals surface area contributed by atoms with Crippen LogP contribution in [0.3, 0.4) is 0 Å². The highest BCUT2D eigenvalue weighted by Gasteiger charge is 2.20. The third-order valence-corrected chi connectivity index (χ3v) is 5.41. The van der Waals surface area contributed by atoms with E-state index < -0.39 is 0 Å². The smallest absolute Gasteiger partial charge is 0.134 e. The summed E-state index contributed by atoms with van der Waals surface area (Å²) in [5, 5.41) is 10.4. The lowest BCUT2D eigenvalue weighted by molar-refractivity contribution is 0.502. The molecule has 0 saturated carbocycles. The molecular formula is C19H21N3S. The van der Waals surface area contributed by atoms with Gasteiger partial charge in [0.2, 0.25) is 0 Å². The molecule has 1 aliphatic rings. The van der Waals surface area contributed by atoms with E-state index >= 15 is 0 Å². The molecule has 118 valence electrons. The fourth-order valence-corrected chi connectivity index (χ4v) is 4.07. The van der Waals surface area contributed by atoms with Crippen molar-refractivity contribution in [1.82, 2.24) is 4.98 Å². The lowest BCUT2D eigenvalue weighted by atomic mass is 9.93. The number of thiazole rings is 1. The Bertz CT molecular complexity index is 763. The largest absolute Gasteiger partial charge is 0.378 e. The summed E-state index contributed by atoms with van der Waals surface area (Å²) in [6, 6.07) is 10.5. The summed E-state index contributed by atoms with van der Waals surface area (Å²) in [4.78, 5) is 8.15. The number of benzene rings is 1. The molecule has 0 N–H and O–H groups in total. The topological polar surface area (TPSA) is 39.9 Å². The van der Waals surface area contributed by atoms with Gasteiger partial charge in [0.05, 0.1) is 11.3 Å². The minimum Gasteiger partial charge on any atom is -0.378 e. The van der Waals surface area contributed by atoms with Gasteiger partial charge in [-0.25, -0.2) is 4.98 Å². The highest BCUT2D eigenvalue weighted by atomic mass is 32.1. The number of nitriles is 1. The lowest BCUT2D eigenvalue weighted by Gasteiger charge is -2.15. The van der Waals surface area contributed by atoms with E-state index in [1.54, 1.807) is 11.3 Å². The Morgan fingerprint density at radius 2 is 2.09 bits per heavy atom. The molecule has 0 unspecified atom stereocenters. The Morgan fingerprint density at radius 3 is 2.74 bits per heavy atom. The van der Waals surface area contributed by atoms with Crippen LogP contribution in [-0.2, 0) is 12.8 Å². The second-order valence-electron chi connectivity index (χ2n) is 6.39. The Kier molecular flexibility index (Phi) is 4.49. The first-order valence-electron chi connectivity index (χ1n) is 7.95. The van der Waals surface area contributed by atoms with Crippen molar-refractivity contribution < 1.29 is 0 Å². The van der Waals surface area contributed by atoms with Crippen LogP contribution in [0.5, 0.6) is 0 Å². The van der Waals surface area contributed by atoms with Crippen LogP contribution in [-0.4, -0.2) is 19.1 Å². The molecule has 0 saturated heterocycles. The van der Waals surface area contributed by atoms with E-state index in [1.807, 2.05) is 32.3 Å². The summed E-state index contributed by atoms with van der Waals surface area (Å²) >= 11 is 1.69. The van der Waals surface area contributed by atoms with Crippen molar-refractivity contribution in [3.63, 3.8) is 0 Å². The van der Waals surface area contributed by atoms with Gasteiger partial charge in [-0.15, -0.1) is 11.3 Å². The Morgan fingerprint density at radius 1 is 1.35 bits per heavy atom. The van der Waals surface area contributed by atoms with Crippen LogP contribution in [0.1, 0.15) is 34.5 Å². The van der Waals surface area contributed by atoms with Crippen molar-refractivity contribution in [2.45, 2.75) is 26.2 Å². The summed E-state index contributed by atoms with van der Waals surface area (Å²) in [6.45, 7) is 2.29. The lowest BCUT2D eigenvalue weighted by Crippen LogP contribution is -2.09. The SMILES string of the molecule is C[C@H]1CCc2nc(/C(C#N)=C/c3ccc(N(C)C)cc3)sc2C1. The number of anilines is 1. The van der Waals surface area contributed by atoms with Gasteiger partial charge in [0, 0.05) is 24.7 Å². The molecule has 1 aromatic carbocycles. The number of hydrogen-bond acceptors (Lipinski definition) is 4. The van der Waals surface area contributed by atoms with E-state index in [2.05, 4.69) is 30.0 Å². The van der Waals surface area contributed by atoms with Crippen LogP contribution in [0.15, 0.2) is 24.3 Å². The maximum Gasteiger partial charge on any atom is 0.134 e. The van der Waals surface area contributed by atoms with E-state index in [-0.39, 0.29) is 0 Å². The average molecular weight is 323 g/mol. The predicted octanol–water partition coefficient (Wildman–Crippen LogP) is 4.40. The van der Waals surface area contributed by atoms with Gasteiger partial charge in [-0.05, 0) is 49.0 Å². The summed E-state index contributed by atoms with van der Waals surface area (Å²) in [7, 11) is 4.04. The highest BCUT2D eigenvalue weighted by molar-refractivity contribution is 7.13. The first-order valence-corrected chi connectivity index (χ1v) is 8.76. The van der Waals surface area contributed by atoms with Gasteiger partial charge in [-0.3, -0.25) is 0 Å². The van der Waals surface area contributed by atoms with Gasteiger partial charge in [-0.1, -0.05) is 19.1 Å². The molecule has 0 aliphatic heterocycles. The van der Waals surface area contributed by atoms with Gasteiger partial charge in [0.25, 0.3) is 0 Å². The third kappa shape index (κ3) is 3.46. The van der Waals surface area contributed by atoms with Gasteiger partial charge < -0.3 is 4.90 Å². The molecule has 1 atom stereocenters. The van der Waals surface area contributed by atoms with Crippen LogP contribution in [0, 0.1) is 17.2 Å². The van der Waals surface area contributed by atoms with Crippen LogP contribution in [0.2, 0.25) is 0 Å². The Hall–Kier alpha value is -2.12. The number of hydrogen-bond donors (Lipinski definition) is 0. The van der Waals surface area contributed by atoms with Crippen LogP contribution >= 0.6 is 11.3 Å². The maximum atomic E-state index is 9.54. The van der Waals surface area contributed by atoms with E-state index in [1.165, 1.54) is 17.0 Å². The molecule has 1 heterocycles. The quantitative estimate of drug-likeness (QED) is 0.786. The highest BCUT2D eigenvalue weighted by Crippen LogP contribution is 2.33. The minimum atomic E-state index is 0.662. The number of rotatable bonds is 3. The van der Waals surface area contributed by atoms with Crippen molar-refractivity contribution in [3.8, 4) is 6.07 Å². The fourth-order valence-electron chi connectivity index (χ4n) is 2.83. The van der Waals surface area contributed by atoms with E-state index in [9.17, 15) is 5.26 Å². The number of nitrogens with zero attached hydrogens (tertiary/aromatic N) is 3. The summed E-state index contributed by atoms with van der Waals surface area (Å²) < 4.78 is 0. The molecule has 0 amide bonds. The maximum absolute atomic E-state index is 9.54. The zero-order valence-corrected chi connectivity index (χ0v) is 14.7. The van der Waals surface area contributed by atoms with Gasteiger partial charge in [-0.2, -0.15) is 5.26 Å². The minimum absolute atomic E-state index is 0.662. The van der Waals surface area contributed by atoms with Crippen molar-refractivity contribution in [2.24, 2.45) is 5.92 Å². The van der Waals surface area contributed by atoms with E-state index in [0.29, 0.717) is 5.57 Å². The summed E-state index contributed by atoms with van der Waals surface area (Å²) in [5.41, 5.74) is 4.05. The number of aromatic nitrogens is 1. The molecule has 0 bridgehead atoms. The van der Waals surface area contributed by atoms with Crippen LogP contribution in [0.4, 0.5) is 5.69 Å². The molecule has 0 radical (unpaired) electrons. The Labute approximate surface area is 141 Å². The second-order valence-corrected chi connectivity index (χ2v) is 7.48. The first kappa shape index (κ1) is 15.8. The first-order chi connectivity index (χ1) is 11.1. The van der Waals surface area contributed by atoms with Crippen molar-refractivity contribution in [1.29, 1.82) is 5.26 Å². The molecule has 23 heavy (non-hydrogen) atoms. The Balaban J connectivity index is 1.89. The summed E-state index contributed by atoms with van der Waals surface area (Å²) in [5.74, 6) is 0.726. The monoisotopic (exact) mass is 323 g/mol. The molecule has 4 heteroatoms. The predicted molar refractivity (Wildman–Crippen MR) is 97.6 cm³/mol. The van der Waals surface area contributed by atoms with Crippen molar-refractivity contribution in [3.05, 3.63) is 45.4 Å². The zero-order chi connectivity index (χ0) is 16.4. The molecule has 1 aromatic heterocycles. The number of aryl methyl sites for hydroxylation is 1. The van der Waals surface area contributed by atoms with Crippen LogP contribution < -0.4 is 4.90 Å². The van der Waals surface area contributed by atoms with Crippen molar-refractivity contribution >= 4 is 28.7 Å². The number of fused-ring (bicyclic) bond motifs is 1. The zero-order valence-electron chi connectivity index (χ0n) is 13.8. The second kappa shape index (κ2) is 6.55. The van der Waals surface area contributed by atoms with Crippen LogP contribution in [0.25, 0.3) is 11.6 Å². The van der Waals surface area contributed by atoms with E-state index in [0.717, 1.165) is 35.0 Å². The fraction of sp³-hybridized carbons (Fsp3) is 0.368. The van der Waals surface area contributed by atoms with E-state index in [4.69, 9.17) is 4.98 Å². The average Bonchev–Trinajstić information content (AvgIpc) is 2.95. The molecule has 0 fully saturated rings. The third-order valence-electron chi connectivity index (χ3n) is 4.26. The van der Waals surface area contributed by atoms with Gasteiger partial charge in [0.1, 0.15) is 11.1 Å². The molecule has 3 nitrogen and oxygen atoms in total. The van der Waals surface area contributed by atoms with Crippen molar-refractivity contribution in [2.75, 3.05) is 19.0 Å². The summed E-state index contributed by atoms with van der Waals surface area (Å²) in [6.07, 6.45) is 5.29. The molecule has 0 spiro atoms. The number of allylic oxidation sites excluding steroid dienone is 1. The molecule has 1 aliphatic carbocycles. The molecular weight excluding hydrogens is 302 g/mol. The normalized spacial score (nSPS) is 17.5. The molecule has 2 aromatic rings.